The van der Waals surface area contributed by atoms with E-state index in [1.165, 1.54) is 19.3 Å². The number of aliphatic hydroxyl groups is 1. The summed E-state index contributed by atoms with van der Waals surface area (Å²) >= 11 is 0. The van der Waals surface area contributed by atoms with E-state index in [9.17, 15) is 18.1 Å². The molecule has 0 bridgehead atoms. The quantitative estimate of drug-likeness (QED) is 0.301. The molecule has 0 saturated heterocycles. The van der Waals surface area contributed by atoms with E-state index in [1.54, 1.807) is 0 Å². The first-order valence-electron chi connectivity index (χ1n) is 8.04. The van der Waals surface area contributed by atoms with Crippen molar-refractivity contribution in [3.05, 3.63) is 0 Å². The first-order valence-corrected chi connectivity index (χ1v) is 9.51. The van der Waals surface area contributed by atoms with Crippen molar-refractivity contribution >= 4 is 10.1 Å². The van der Waals surface area contributed by atoms with Crippen LogP contribution in [0.4, 0.5) is 0 Å². The first kappa shape index (κ1) is 24.8. The summed E-state index contributed by atoms with van der Waals surface area (Å²) < 4.78 is 33.1. The van der Waals surface area contributed by atoms with Crippen LogP contribution < -0.4 is 51.4 Å². The van der Waals surface area contributed by atoms with Crippen LogP contribution in [0.1, 0.15) is 84.5 Å². The van der Waals surface area contributed by atoms with Crippen LogP contribution in [0.15, 0.2) is 0 Å². The third kappa shape index (κ3) is 14.8. The molecule has 0 radical (unpaired) electrons. The van der Waals surface area contributed by atoms with Crippen molar-refractivity contribution in [1.29, 1.82) is 0 Å². The maximum atomic E-state index is 11.0. The van der Waals surface area contributed by atoms with Gasteiger partial charge in [0.15, 0.2) is 0 Å². The van der Waals surface area contributed by atoms with Crippen molar-refractivity contribution in [3.8, 4) is 0 Å². The topological polar surface area (TPSA) is 77.4 Å². The molecule has 4 nitrogen and oxygen atoms in total. The minimum absolute atomic E-state index is 0. The molecule has 0 aliphatic heterocycles. The van der Waals surface area contributed by atoms with Gasteiger partial charge >= 0.3 is 51.4 Å². The van der Waals surface area contributed by atoms with Gasteiger partial charge in [-0.3, -0.25) is 0 Å². The van der Waals surface area contributed by atoms with E-state index in [2.05, 4.69) is 6.92 Å². The molecule has 0 spiro atoms. The van der Waals surface area contributed by atoms with E-state index in [1.807, 2.05) is 6.92 Å². The van der Waals surface area contributed by atoms with Gasteiger partial charge in [0.25, 0.3) is 0 Å². The average molecular weight is 347 g/mol. The Bertz CT molecular complexity index is 320. The molecule has 2 atom stereocenters. The van der Waals surface area contributed by atoms with Crippen LogP contribution in [-0.2, 0) is 10.1 Å². The molecule has 0 heterocycles. The van der Waals surface area contributed by atoms with Gasteiger partial charge in [-0.05, 0) is 25.7 Å². The molecular weight excluding hydrogens is 315 g/mol. The van der Waals surface area contributed by atoms with Gasteiger partial charge in [0.2, 0.25) is 0 Å². The van der Waals surface area contributed by atoms with Crippen LogP contribution >= 0.6 is 0 Å². The third-order valence-electron chi connectivity index (χ3n) is 3.72. The summed E-state index contributed by atoms with van der Waals surface area (Å²) in [5, 5.41) is 9.06. The molecule has 2 unspecified atom stereocenters. The Morgan fingerprint density at radius 1 is 0.857 bits per heavy atom. The molecule has 1 N–H and O–H groups in total. The largest absolute Gasteiger partial charge is 1.00 e. The van der Waals surface area contributed by atoms with E-state index in [0.717, 1.165) is 19.3 Å². The maximum absolute atomic E-state index is 11.0. The number of hydrogen-bond acceptors (Lipinski definition) is 4. The summed E-state index contributed by atoms with van der Waals surface area (Å²) in [4.78, 5) is 0. The second kappa shape index (κ2) is 15.1. The van der Waals surface area contributed by atoms with Crippen molar-refractivity contribution in [1.82, 2.24) is 0 Å². The predicted octanol–water partition coefficient (Wildman–Crippen LogP) is 0.596. The van der Waals surface area contributed by atoms with E-state index in [4.69, 9.17) is 0 Å². The van der Waals surface area contributed by atoms with Crippen LogP contribution in [0, 0.1) is 0 Å². The SMILES string of the molecule is CCCCCCC(O)CCCCC(CCC)S(=O)(=O)[O-].[K+]. The van der Waals surface area contributed by atoms with Gasteiger partial charge in [-0.1, -0.05) is 58.8 Å². The van der Waals surface area contributed by atoms with E-state index < -0.39 is 15.4 Å². The number of hydrogen-bond donors (Lipinski definition) is 1. The number of rotatable bonds is 13. The Morgan fingerprint density at radius 2 is 1.38 bits per heavy atom. The van der Waals surface area contributed by atoms with Crippen molar-refractivity contribution in [3.63, 3.8) is 0 Å². The summed E-state index contributed by atoms with van der Waals surface area (Å²) in [6, 6.07) is 0. The number of unbranched alkanes of at least 4 members (excludes halogenated alkanes) is 4. The van der Waals surface area contributed by atoms with Gasteiger partial charge in [-0.15, -0.1) is 0 Å². The molecule has 0 saturated carbocycles. The second-order valence-electron chi connectivity index (χ2n) is 5.69. The normalized spacial score (nSPS) is 14.5. The van der Waals surface area contributed by atoms with Crippen molar-refractivity contribution in [2.45, 2.75) is 95.8 Å². The molecule has 0 aromatic rings. The standard InChI is InChI=1S/C15H32O4S.K/c1-3-5-6-7-11-14(16)12-8-9-13-15(10-4-2)20(17,18)19;/h14-16H,3-13H2,1-2H3,(H,17,18,19);/q;+1/p-1. The molecule has 21 heavy (non-hydrogen) atoms. The Hall–Kier alpha value is 1.51. The fourth-order valence-electron chi connectivity index (χ4n) is 2.46. The van der Waals surface area contributed by atoms with Crippen LogP contribution in [0.25, 0.3) is 0 Å². The Morgan fingerprint density at radius 3 is 1.86 bits per heavy atom. The molecule has 0 aliphatic carbocycles. The van der Waals surface area contributed by atoms with E-state index in [0.29, 0.717) is 32.1 Å². The van der Waals surface area contributed by atoms with Gasteiger partial charge in [0.05, 0.1) is 16.2 Å². The van der Waals surface area contributed by atoms with Gasteiger partial charge < -0.3 is 9.66 Å². The minimum Gasteiger partial charge on any atom is -0.748 e. The zero-order valence-electron chi connectivity index (χ0n) is 14.0. The first-order chi connectivity index (χ1) is 9.41. The monoisotopic (exact) mass is 346 g/mol. The molecule has 0 aliphatic rings. The zero-order valence-corrected chi connectivity index (χ0v) is 18.0. The van der Waals surface area contributed by atoms with Gasteiger partial charge in [0, 0.05) is 5.25 Å². The van der Waals surface area contributed by atoms with Crippen LogP contribution in [0.3, 0.4) is 0 Å². The van der Waals surface area contributed by atoms with E-state index >= 15 is 0 Å². The van der Waals surface area contributed by atoms with Crippen LogP contribution in [0.5, 0.6) is 0 Å². The molecule has 6 heteroatoms. The Balaban J connectivity index is 0. The summed E-state index contributed by atoms with van der Waals surface area (Å²) in [5.41, 5.74) is 0. The van der Waals surface area contributed by atoms with Gasteiger partial charge in [-0.25, -0.2) is 8.42 Å². The number of aliphatic hydroxyl groups excluding tert-OH is 1. The van der Waals surface area contributed by atoms with Crippen LogP contribution in [-0.4, -0.2) is 29.4 Å². The predicted molar refractivity (Wildman–Crippen MR) is 81.6 cm³/mol. The average Bonchev–Trinajstić information content (AvgIpc) is 2.37. The van der Waals surface area contributed by atoms with Crippen LogP contribution in [0.2, 0.25) is 0 Å². The molecule has 0 amide bonds. The minimum atomic E-state index is -4.16. The fourth-order valence-corrected chi connectivity index (χ4v) is 3.44. The smallest absolute Gasteiger partial charge is 0.748 e. The molecule has 0 aromatic heterocycles. The summed E-state index contributed by atoms with van der Waals surface area (Å²) in [5.74, 6) is 0. The third-order valence-corrected chi connectivity index (χ3v) is 5.01. The molecule has 0 aromatic carbocycles. The van der Waals surface area contributed by atoms with Crippen molar-refractivity contribution < 1.29 is 69.5 Å². The summed E-state index contributed by atoms with van der Waals surface area (Å²) in [6.45, 7) is 4.05. The fraction of sp³-hybridized carbons (Fsp3) is 1.00. The van der Waals surface area contributed by atoms with Gasteiger partial charge in [0.1, 0.15) is 0 Å². The summed E-state index contributed by atoms with van der Waals surface area (Å²) in [7, 11) is -4.16. The second-order valence-corrected chi connectivity index (χ2v) is 7.34. The molecule has 122 valence electrons. The zero-order chi connectivity index (χ0) is 15.4. The maximum Gasteiger partial charge on any atom is 1.00 e. The molecule has 0 fully saturated rings. The van der Waals surface area contributed by atoms with E-state index in [-0.39, 0.29) is 57.5 Å². The summed E-state index contributed by atoms with van der Waals surface area (Å²) in [6.07, 6.45) is 9.00. The Kier molecular flexibility index (Phi) is 17.8. The molecule has 0 rings (SSSR count). The van der Waals surface area contributed by atoms with Crippen molar-refractivity contribution in [2.75, 3.05) is 0 Å². The van der Waals surface area contributed by atoms with Crippen molar-refractivity contribution in [2.24, 2.45) is 0 Å². The Labute approximate surface area is 173 Å². The molecular formula is C15H31KO4S. The van der Waals surface area contributed by atoms with Gasteiger partial charge in [-0.2, -0.15) is 0 Å².